The largest absolute Gasteiger partial charge is 0.416 e. The molecule has 0 aliphatic carbocycles. The minimum atomic E-state index is -4.43. The fourth-order valence-electron chi connectivity index (χ4n) is 1.40. The molecule has 0 saturated carbocycles. The van der Waals surface area contributed by atoms with Crippen LogP contribution in [0.25, 0.3) is 0 Å². The van der Waals surface area contributed by atoms with Gasteiger partial charge in [0.15, 0.2) is 0 Å². The zero-order chi connectivity index (χ0) is 15.2. The summed E-state index contributed by atoms with van der Waals surface area (Å²) in [5, 5.41) is 2.33. The summed E-state index contributed by atoms with van der Waals surface area (Å²) in [7, 11) is 0. The number of carbonyl (C=O) groups excluding carboxylic acids is 2. The molecule has 20 heavy (non-hydrogen) atoms. The first kappa shape index (κ1) is 16.0. The summed E-state index contributed by atoms with van der Waals surface area (Å²) in [6, 6.07) is 3.22. The van der Waals surface area contributed by atoms with Crippen LogP contribution in [0.3, 0.4) is 0 Å². The number of hydrogen-bond acceptors (Lipinski definition) is 3. The summed E-state index contributed by atoms with van der Waals surface area (Å²) in [5.74, 6) is 0. The Balaban J connectivity index is 2.68. The number of amides is 3. The lowest BCUT2D eigenvalue weighted by molar-refractivity contribution is -0.137. The summed E-state index contributed by atoms with van der Waals surface area (Å²) in [6.07, 6.45) is -3.65. The monoisotopic (exact) mass is 289 g/mol. The number of carbonyl (C=O) groups is 2. The molecule has 0 aliphatic heterocycles. The Morgan fingerprint density at radius 2 is 1.90 bits per heavy atom. The fourth-order valence-corrected chi connectivity index (χ4v) is 1.40. The molecule has 3 N–H and O–H groups in total. The van der Waals surface area contributed by atoms with Gasteiger partial charge in [0.05, 0.1) is 5.56 Å². The molecule has 0 heterocycles. The minimum Gasteiger partial charge on any atom is -0.330 e. The van der Waals surface area contributed by atoms with Gasteiger partial charge >= 0.3 is 12.2 Å². The van der Waals surface area contributed by atoms with Crippen LogP contribution in [0.5, 0.6) is 0 Å². The van der Waals surface area contributed by atoms with Crippen LogP contribution in [0, 0.1) is 0 Å². The van der Waals surface area contributed by atoms with Crippen molar-refractivity contribution in [2.75, 3.05) is 18.4 Å². The molecule has 8 heteroatoms. The van der Waals surface area contributed by atoms with E-state index in [0.717, 1.165) is 29.2 Å². The average molecular weight is 289 g/mol. The smallest absolute Gasteiger partial charge is 0.330 e. The number of nitrogens with one attached hydrogen (secondary N) is 1. The van der Waals surface area contributed by atoms with Crippen LogP contribution in [0.15, 0.2) is 24.3 Å². The molecule has 110 valence electrons. The average Bonchev–Trinajstić information content (AvgIpc) is 2.39. The van der Waals surface area contributed by atoms with Crippen LogP contribution in [0.1, 0.15) is 12.0 Å². The first-order chi connectivity index (χ1) is 9.38. The third-order valence-corrected chi connectivity index (χ3v) is 2.45. The van der Waals surface area contributed by atoms with Gasteiger partial charge in [0.1, 0.15) is 0 Å². The standard InChI is InChI=1S/C12H14F3N3O2/c13-12(14,15)9-2-4-10(5-3-9)17-11(20)18(8-19)7-1-6-16/h2-5,8H,1,6-7,16H2,(H,17,20). The zero-order valence-electron chi connectivity index (χ0n) is 10.5. The number of halogens is 3. The highest BCUT2D eigenvalue weighted by atomic mass is 19.4. The van der Waals surface area contributed by atoms with Gasteiger partial charge in [-0.1, -0.05) is 0 Å². The van der Waals surface area contributed by atoms with E-state index in [9.17, 15) is 22.8 Å². The molecular formula is C12H14F3N3O2. The number of anilines is 1. The predicted molar refractivity (Wildman–Crippen MR) is 66.9 cm³/mol. The second kappa shape index (κ2) is 6.90. The number of nitrogens with two attached hydrogens (primary N) is 1. The van der Waals surface area contributed by atoms with E-state index in [-0.39, 0.29) is 12.2 Å². The summed E-state index contributed by atoms with van der Waals surface area (Å²) in [4.78, 5) is 23.2. The Bertz CT molecular complexity index is 460. The van der Waals surface area contributed by atoms with Crippen molar-refractivity contribution >= 4 is 18.1 Å². The number of imide groups is 1. The Morgan fingerprint density at radius 3 is 2.35 bits per heavy atom. The molecule has 0 radical (unpaired) electrons. The van der Waals surface area contributed by atoms with Crippen LogP contribution in [0.2, 0.25) is 0 Å². The van der Waals surface area contributed by atoms with Gasteiger partial charge in [-0.15, -0.1) is 0 Å². The highest BCUT2D eigenvalue weighted by Crippen LogP contribution is 2.29. The predicted octanol–water partition coefficient (Wildman–Crippen LogP) is 2.04. The third-order valence-electron chi connectivity index (χ3n) is 2.45. The number of benzene rings is 1. The van der Waals surface area contributed by atoms with E-state index in [1.807, 2.05) is 0 Å². The molecule has 5 nitrogen and oxygen atoms in total. The lowest BCUT2D eigenvalue weighted by atomic mass is 10.2. The Labute approximate surface area is 113 Å². The van der Waals surface area contributed by atoms with E-state index in [0.29, 0.717) is 19.4 Å². The molecule has 0 spiro atoms. The van der Waals surface area contributed by atoms with Crippen molar-refractivity contribution in [3.63, 3.8) is 0 Å². The Kier molecular flexibility index (Phi) is 5.51. The fraction of sp³-hybridized carbons (Fsp3) is 0.333. The SMILES string of the molecule is NCCCN(C=O)C(=O)Nc1ccc(C(F)(F)F)cc1. The van der Waals surface area contributed by atoms with E-state index in [1.165, 1.54) is 0 Å². The topological polar surface area (TPSA) is 75.4 Å². The van der Waals surface area contributed by atoms with Crippen molar-refractivity contribution in [3.8, 4) is 0 Å². The number of nitrogens with zero attached hydrogens (tertiary/aromatic N) is 1. The van der Waals surface area contributed by atoms with E-state index in [4.69, 9.17) is 5.73 Å². The molecular weight excluding hydrogens is 275 g/mol. The third kappa shape index (κ3) is 4.54. The highest BCUT2D eigenvalue weighted by Gasteiger charge is 2.30. The number of alkyl halides is 3. The van der Waals surface area contributed by atoms with Crippen LogP contribution in [-0.4, -0.2) is 30.4 Å². The lowest BCUT2D eigenvalue weighted by Crippen LogP contribution is -2.35. The molecule has 0 bridgehead atoms. The van der Waals surface area contributed by atoms with Crippen LogP contribution in [-0.2, 0) is 11.0 Å². The van der Waals surface area contributed by atoms with Gasteiger partial charge in [0.2, 0.25) is 6.41 Å². The van der Waals surface area contributed by atoms with Crippen molar-refractivity contribution in [3.05, 3.63) is 29.8 Å². The quantitative estimate of drug-likeness (QED) is 0.814. The van der Waals surface area contributed by atoms with Crippen molar-refractivity contribution in [2.24, 2.45) is 5.73 Å². The van der Waals surface area contributed by atoms with Gasteiger partial charge < -0.3 is 11.1 Å². The normalized spacial score (nSPS) is 11.0. The van der Waals surface area contributed by atoms with Crippen LogP contribution in [0.4, 0.5) is 23.7 Å². The molecule has 1 aromatic rings. The van der Waals surface area contributed by atoms with Crippen molar-refractivity contribution in [2.45, 2.75) is 12.6 Å². The van der Waals surface area contributed by atoms with Crippen molar-refractivity contribution < 1.29 is 22.8 Å². The van der Waals surface area contributed by atoms with Gasteiger partial charge in [-0.2, -0.15) is 13.2 Å². The summed E-state index contributed by atoms with van der Waals surface area (Å²) < 4.78 is 37.1. The molecule has 1 aromatic carbocycles. The Morgan fingerprint density at radius 1 is 1.30 bits per heavy atom. The molecule has 0 aromatic heterocycles. The van der Waals surface area contributed by atoms with E-state index >= 15 is 0 Å². The van der Waals surface area contributed by atoms with Crippen molar-refractivity contribution in [1.82, 2.24) is 4.90 Å². The van der Waals surface area contributed by atoms with Gasteiger partial charge in [-0.05, 0) is 37.2 Å². The molecule has 0 saturated heterocycles. The second-order valence-corrected chi connectivity index (χ2v) is 3.95. The maximum Gasteiger partial charge on any atom is 0.416 e. The maximum atomic E-state index is 12.4. The van der Waals surface area contributed by atoms with Gasteiger partial charge in [0, 0.05) is 12.2 Å². The van der Waals surface area contributed by atoms with Crippen LogP contribution >= 0.6 is 0 Å². The van der Waals surface area contributed by atoms with E-state index in [2.05, 4.69) is 5.32 Å². The molecule has 0 fully saturated rings. The van der Waals surface area contributed by atoms with Crippen LogP contribution < -0.4 is 11.1 Å². The molecule has 3 amide bonds. The lowest BCUT2D eigenvalue weighted by Gasteiger charge is -2.16. The molecule has 0 atom stereocenters. The number of hydrogen-bond donors (Lipinski definition) is 2. The van der Waals surface area contributed by atoms with Gasteiger partial charge in [-0.25, -0.2) is 4.79 Å². The summed E-state index contributed by atoms with van der Waals surface area (Å²) >= 11 is 0. The molecule has 0 aliphatic rings. The first-order valence-electron chi connectivity index (χ1n) is 5.78. The first-order valence-corrected chi connectivity index (χ1v) is 5.78. The minimum absolute atomic E-state index is 0.145. The van der Waals surface area contributed by atoms with E-state index in [1.54, 1.807) is 0 Å². The van der Waals surface area contributed by atoms with Gasteiger partial charge in [-0.3, -0.25) is 9.69 Å². The zero-order valence-corrected chi connectivity index (χ0v) is 10.5. The van der Waals surface area contributed by atoms with E-state index < -0.39 is 17.8 Å². The van der Waals surface area contributed by atoms with Crippen molar-refractivity contribution in [1.29, 1.82) is 0 Å². The maximum absolute atomic E-state index is 12.4. The molecule has 1 rings (SSSR count). The second-order valence-electron chi connectivity index (χ2n) is 3.95. The summed E-state index contributed by atoms with van der Waals surface area (Å²) in [6.45, 7) is 0.463. The molecule has 0 unspecified atom stereocenters. The summed E-state index contributed by atoms with van der Waals surface area (Å²) in [5.41, 5.74) is 4.62. The highest BCUT2D eigenvalue weighted by molar-refractivity contribution is 5.95. The number of urea groups is 1. The Hall–Kier alpha value is -2.09. The number of rotatable bonds is 5. The van der Waals surface area contributed by atoms with Gasteiger partial charge in [0.25, 0.3) is 0 Å².